The lowest BCUT2D eigenvalue weighted by Gasteiger charge is -2.16. The predicted molar refractivity (Wildman–Crippen MR) is 87.4 cm³/mol. The molecular formula is C17H26N4. The van der Waals surface area contributed by atoms with Crippen molar-refractivity contribution in [3.8, 4) is 0 Å². The highest BCUT2D eigenvalue weighted by Crippen LogP contribution is 2.15. The van der Waals surface area contributed by atoms with E-state index in [0.717, 1.165) is 6.54 Å². The summed E-state index contributed by atoms with van der Waals surface area (Å²) in [6.45, 7) is 5.28. The van der Waals surface area contributed by atoms with Crippen molar-refractivity contribution < 1.29 is 0 Å². The normalized spacial score (nSPS) is 12.3. The van der Waals surface area contributed by atoms with Crippen LogP contribution in [0.1, 0.15) is 51.5 Å². The van der Waals surface area contributed by atoms with Crippen molar-refractivity contribution in [3.05, 3.63) is 42.5 Å². The maximum absolute atomic E-state index is 4.15. The number of hydrogen-bond donors (Lipinski definition) is 1. The molecular weight excluding hydrogens is 260 g/mol. The first-order valence-electron chi connectivity index (χ1n) is 7.96. The molecule has 1 N–H and O–H groups in total. The second kappa shape index (κ2) is 8.45. The second-order valence-corrected chi connectivity index (χ2v) is 5.69. The second-order valence-electron chi connectivity index (χ2n) is 5.69. The monoisotopic (exact) mass is 286 g/mol. The summed E-state index contributed by atoms with van der Waals surface area (Å²) in [5.41, 5.74) is 2.43. The Labute approximate surface area is 127 Å². The van der Waals surface area contributed by atoms with Gasteiger partial charge in [-0.3, -0.25) is 0 Å². The molecule has 0 radical (unpaired) electrons. The van der Waals surface area contributed by atoms with Gasteiger partial charge in [0, 0.05) is 11.7 Å². The van der Waals surface area contributed by atoms with Crippen LogP contribution < -0.4 is 5.32 Å². The number of benzene rings is 1. The summed E-state index contributed by atoms with van der Waals surface area (Å²) in [6.07, 6.45) is 9.84. The molecule has 4 nitrogen and oxygen atoms in total. The van der Waals surface area contributed by atoms with E-state index >= 15 is 0 Å². The molecule has 1 aromatic heterocycles. The Morgan fingerprint density at radius 2 is 2.14 bits per heavy atom. The van der Waals surface area contributed by atoms with Gasteiger partial charge in [0.15, 0.2) is 0 Å². The van der Waals surface area contributed by atoms with Gasteiger partial charge in [-0.05, 0) is 31.0 Å². The van der Waals surface area contributed by atoms with E-state index < -0.39 is 0 Å². The van der Waals surface area contributed by atoms with Gasteiger partial charge in [0.25, 0.3) is 0 Å². The average molecular weight is 286 g/mol. The molecule has 1 atom stereocenters. The smallest absolute Gasteiger partial charge is 0.137 e. The van der Waals surface area contributed by atoms with Crippen LogP contribution in [0.2, 0.25) is 0 Å². The van der Waals surface area contributed by atoms with Crippen molar-refractivity contribution in [1.29, 1.82) is 0 Å². The van der Waals surface area contributed by atoms with Gasteiger partial charge in [0.2, 0.25) is 0 Å². The van der Waals surface area contributed by atoms with E-state index in [1.807, 2.05) is 4.68 Å². The lowest BCUT2D eigenvalue weighted by molar-refractivity contribution is 0.594. The van der Waals surface area contributed by atoms with E-state index in [2.05, 4.69) is 53.5 Å². The first-order chi connectivity index (χ1) is 10.3. The van der Waals surface area contributed by atoms with Gasteiger partial charge in [0.05, 0.1) is 6.54 Å². The fourth-order valence-electron chi connectivity index (χ4n) is 2.49. The zero-order valence-corrected chi connectivity index (χ0v) is 13.1. The average Bonchev–Trinajstić information content (AvgIpc) is 2.97. The van der Waals surface area contributed by atoms with Crippen LogP contribution in [0.5, 0.6) is 0 Å². The number of aromatic nitrogens is 3. The lowest BCUT2D eigenvalue weighted by atomic mass is 10.1. The van der Waals surface area contributed by atoms with Crippen LogP contribution in [0.3, 0.4) is 0 Å². The minimum atomic E-state index is 0.517. The largest absolute Gasteiger partial charge is 0.383 e. The number of hydrogen-bond acceptors (Lipinski definition) is 3. The summed E-state index contributed by atoms with van der Waals surface area (Å²) in [6, 6.07) is 9.07. The number of anilines is 1. The third-order valence-electron chi connectivity index (χ3n) is 3.64. The van der Waals surface area contributed by atoms with Gasteiger partial charge in [-0.25, -0.2) is 9.67 Å². The molecule has 1 unspecified atom stereocenters. The molecule has 0 aliphatic heterocycles. The quantitative estimate of drug-likeness (QED) is 0.706. The molecule has 0 aliphatic rings. The van der Waals surface area contributed by atoms with E-state index in [4.69, 9.17) is 0 Å². The van der Waals surface area contributed by atoms with Crippen LogP contribution in [0, 0.1) is 0 Å². The standard InChI is InChI=1S/C17H26N4/c1-3-4-5-6-8-15(2)20-17-10-7-9-16(11-17)12-21-14-18-13-19-21/h7,9-11,13-15,20H,3-6,8,12H2,1-2H3. The van der Waals surface area contributed by atoms with Crippen LogP contribution in [0.4, 0.5) is 5.69 Å². The minimum absolute atomic E-state index is 0.517. The van der Waals surface area contributed by atoms with Crippen LogP contribution in [0.25, 0.3) is 0 Å². The molecule has 4 heteroatoms. The Morgan fingerprint density at radius 3 is 2.90 bits per heavy atom. The van der Waals surface area contributed by atoms with E-state index in [1.165, 1.54) is 43.4 Å². The van der Waals surface area contributed by atoms with Gasteiger partial charge in [0.1, 0.15) is 12.7 Å². The van der Waals surface area contributed by atoms with Crippen LogP contribution in [-0.4, -0.2) is 20.8 Å². The maximum Gasteiger partial charge on any atom is 0.137 e. The Bertz CT molecular complexity index is 507. The van der Waals surface area contributed by atoms with E-state index in [0.29, 0.717) is 6.04 Å². The SMILES string of the molecule is CCCCCCC(C)Nc1cccc(Cn2cncn2)c1. The molecule has 2 aromatic rings. The van der Waals surface area contributed by atoms with Gasteiger partial charge >= 0.3 is 0 Å². The highest BCUT2D eigenvalue weighted by atomic mass is 15.3. The molecule has 21 heavy (non-hydrogen) atoms. The Morgan fingerprint density at radius 1 is 1.24 bits per heavy atom. The third-order valence-corrected chi connectivity index (χ3v) is 3.64. The van der Waals surface area contributed by atoms with Crippen LogP contribution >= 0.6 is 0 Å². The van der Waals surface area contributed by atoms with Crippen LogP contribution in [0.15, 0.2) is 36.9 Å². The van der Waals surface area contributed by atoms with Crippen molar-refractivity contribution in [1.82, 2.24) is 14.8 Å². The summed E-state index contributed by atoms with van der Waals surface area (Å²) in [7, 11) is 0. The van der Waals surface area contributed by atoms with Gasteiger partial charge < -0.3 is 5.32 Å². The number of unbranched alkanes of at least 4 members (excludes halogenated alkanes) is 3. The molecule has 0 spiro atoms. The maximum atomic E-state index is 4.15. The summed E-state index contributed by atoms with van der Waals surface area (Å²) >= 11 is 0. The molecule has 1 aromatic carbocycles. The lowest BCUT2D eigenvalue weighted by Crippen LogP contribution is -2.15. The molecule has 1 heterocycles. The topological polar surface area (TPSA) is 42.7 Å². The fourth-order valence-corrected chi connectivity index (χ4v) is 2.49. The molecule has 0 amide bonds. The molecule has 2 rings (SSSR count). The van der Waals surface area contributed by atoms with Crippen LogP contribution in [-0.2, 0) is 6.54 Å². The first-order valence-corrected chi connectivity index (χ1v) is 7.96. The molecule has 0 bridgehead atoms. The predicted octanol–water partition coefficient (Wildman–Crippen LogP) is 4.10. The number of nitrogens with zero attached hydrogens (tertiary/aromatic N) is 3. The van der Waals surface area contributed by atoms with E-state index in [-0.39, 0.29) is 0 Å². The molecule has 0 saturated carbocycles. The molecule has 0 saturated heterocycles. The highest BCUT2D eigenvalue weighted by Gasteiger charge is 2.03. The Hall–Kier alpha value is -1.84. The highest BCUT2D eigenvalue weighted by molar-refractivity contribution is 5.46. The molecule has 0 fully saturated rings. The zero-order valence-electron chi connectivity index (χ0n) is 13.1. The Balaban J connectivity index is 1.82. The zero-order chi connectivity index (χ0) is 14.9. The number of nitrogens with one attached hydrogen (secondary N) is 1. The summed E-state index contributed by atoms with van der Waals surface area (Å²) in [5.74, 6) is 0. The van der Waals surface area contributed by atoms with Gasteiger partial charge in [-0.2, -0.15) is 5.10 Å². The Kier molecular flexibility index (Phi) is 6.25. The summed E-state index contributed by atoms with van der Waals surface area (Å²) in [5, 5.41) is 7.74. The fraction of sp³-hybridized carbons (Fsp3) is 0.529. The van der Waals surface area contributed by atoms with Crippen molar-refractivity contribution in [2.24, 2.45) is 0 Å². The summed E-state index contributed by atoms with van der Waals surface area (Å²) in [4.78, 5) is 3.97. The third kappa shape index (κ3) is 5.58. The van der Waals surface area contributed by atoms with Gasteiger partial charge in [-0.1, -0.05) is 44.7 Å². The van der Waals surface area contributed by atoms with Crippen molar-refractivity contribution in [2.45, 2.75) is 58.5 Å². The number of rotatable bonds is 9. The minimum Gasteiger partial charge on any atom is -0.383 e. The van der Waals surface area contributed by atoms with Gasteiger partial charge in [-0.15, -0.1) is 0 Å². The van der Waals surface area contributed by atoms with Crippen molar-refractivity contribution >= 4 is 5.69 Å². The van der Waals surface area contributed by atoms with E-state index in [1.54, 1.807) is 12.7 Å². The molecule has 114 valence electrons. The van der Waals surface area contributed by atoms with Crippen molar-refractivity contribution in [2.75, 3.05) is 5.32 Å². The van der Waals surface area contributed by atoms with E-state index in [9.17, 15) is 0 Å². The molecule has 0 aliphatic carbocycles. The first kappa shape index (κ1) is 15.5. The van der Waals surface area contributed by atoms with Crippen molar-refractivity contribution in [3.63, 3.8) is 0 Å². The summed E-state index contributed by atoms with van der Waals surface area (Å²) < 4.78 is 1.84.